The molecule has 2 nitrogen and oxygen atoms in total. The van der Waals surface area contributed by atoms with Gasteiger partial charge < -0.3 is 4.57 Å². The van der Waals surface area contributed by atoms with Gasteiger partial charge in [-0.15, -0.1) is 0 Å². The number of rotatable bonds is 3. The Labute approximate surface area is 97.0 Å². The molecule has 2 aromatic rings. The van der Waals surface area contributed by atoms with Crippen molar-refractivity contribution in [2.45, 2.75) is 33.7 Å². The monoisotopic (exact) mass is 214 g/mol. The fraction of sp³-hybridized carbons (Fsp3) is 0.357. The van der Waals surface area contributed by atoms with Gasteiger partial charge in [0.1, 0.15) is 5.82 Å². The third-order valence-electron chi connectivity index (χ3n) is 3.04. The Bertz CT molecular complexity index is 483. The van der Waals surface area contributed by atoms with Gasteiger partial charge in [-0.1, -0.05) is 25.1 Å². The number of benzene rings is 1. The van der Waals surface area contributed by atoms with Gasteiger partial charge in [0, 0.05) is 25.4 Å². The van der Waals surface area contributed by atoms with Crippen molar-refractivity contribution < 1.29 is 0 Å². The van der Waals surface area contributed by atoms with Crippen molar-refractivity contribution in [3.05, 3.63) is 53.1 Å². The Morgan fingerprint density at radius 2 is 2.00 bits per heavy atom. The maximum atomic E-state index is 4.33. The van der Waals surface area contributed by atoms with E-state index in [9.17, 15) is 0 Å². The summed E-state index contributed by atoms with van der Waals surface area (Å²) in [6, 6.07) is 6.64. The van der Waals surface area contributed by atoms with E-state index in [1.807, 2.05) is 12.4 Å². The van der Waals surface area contributed by atoms with Gasteiger partial charge in [-0.05, 0) is 30.5 Å². The van der Waals surface area contributed by atoms with E-state index in [4.69, 9.17) is 0 Å². The summed E-state index contributed by atoms with van der Waals surface area (Å²) in [6.07, 6.45) is 4.91. The van der Waals surface area contributed by atoms with Crippen LogP contribution in [0.1, 0.15) is 29.4 Å². The SMILES string of the molecule is CCc1nccn1Cc1ccc(C)c(C)c1. The lowest BCUT2D eigenvalue weighted by Gasteiger charge is -2.08. The molecule has 1 aromatic carbocycles. The van der Waals surface area contributed by atoms with Crippen LogP contribution in [0.25, 0.3) is 0 Å². The average molecular weight is 214 g/mol. The normalized spacial score (nSPS) is 10.7. The number of aromatic nitrogens is 2. The third-order valence-corrected chi connectivity index (χ3v) is 3.04. The Morgan fingerprint density at radius 1 is 1.19 bits per heavy atom. The summed E-state index contributed by atoms with van der Waals surface area (Å²) in [5, 5.41) is 0. The minimum Gasteiger partial charge on any atom is -0.331 e. The van der Waals surface area contributed by atoms with E-state index >= 15 is 0 Å². The second kappa shape index (κ2) is 4.52. The van der Waals surface area contributed by atoms with Crippen LogP contribution >= 0.6 is 0 Å². The van der Waals surface area contributed by atoms with E-state index in [1.54, 1.807) is 0 Å². The molecule has 2 heteroatoms. The second-order valence-corrected chi connectivity index (χ2v) is 4.24. The maximum absolute atomic E-state index is 4.33. The van der Waals surface area contributed by atoms with E-state index in [2.05, 4.69) is 48.5 Å². The van der Waals surface area contributed by atoms with Crippen LogP contribution in [0.2, 0.25) is 0 Å². The van der Waals surface area contributed by atoms with Crippen molar-refractivity contribution in [1.82, 2.24) is 9.55 Å². The fourth-order valence-electron chi connectivity index (χ4n) is 1.90. The van der Waals surface area contributed by atoms with Gasteiger partial charge in [0.25, 0.3) is 0 Å². The topological polar surface area (TPSA) is 17.8 Å². The Kier molecular flexibility index (Phi) is 3.09. The molecule has 0 N–H and O–H groups in total. The van der Waals surface area contributed by atoms with Gasteiger partial charge >= 0.3 is 0 Å². The maximum Gasteiger partial charge on any atom is 0.108 e. The molecule has 0 radical (unpaired) electrons. The third kappa shape index (κ3) is 2.16. The van der Waals surface area contributed by atoms with Gasteiger partial charge in [0.2, 0.25) is 0 Å². The van der Waals surface area contributed by atoms with Crippen LogP contribution in [0.15, 0.2) is 30.6 Å². The first-order valence-corrected chi connectivity index (χ1v) is 5.77. The molecule has 0 fully saturated rings. The van der Waals surface area contributed by atoms with Crippen molar-refractivity contribution in [3.8, 4) is 0 Å². The predicted molar refractivity (Wildman–Crippen MR) is 66.6 cm³/mol. The summed E-state index contributed by atoms with van der Waals surface area (Å²) in [7, 11) is 0. The van der Waals surface area contributed by atoms with Crippen LogP contribution < -0.4 is 0 Å². The zero-order valence-corrected chi connectivity index (χ0v) is 10.2. The molecular weight excluding hydrogens is 196 g/mol. The molecule has 0 aliphatic rings. The summed E-state index contributed by atoms with van der Waals surface area (Å²) in [5.74, 6) is 1.15. The molecule has 84 valence electrons. The molecule has 0 amide bonds. The van der Waals surface area contributed by atoms with Crippen LogP contribution in [0, 0.1) is 13.8 Å². The van der Waals surface area contributed by atoms with Gasteiger partial charge in [0.05, 0.1) is 0 Å². The molecule has 1 aromatic heterocycles. The summed E-state index contributed by atoms with van der Waals surface area (Å²) >= 11 is 0. The van der Waals surface area contributed by atoms with E-state index in [1.165, 1.54) is 16.7 Å². The Hall–Kier alpha value is -1.57. The quantitative estimate of drug-likeness (QED) is 0.767. The Morgan fingerprint density at radius 3 is 2.69 bits per heavy atom. The van der Waals surface area contributed by atoms with E-state index in [-0.39, 0.29) is 0 Å². The van der Waals surface area contributed by atoms with Crippen molar-refractivity contribution >= 4 is 0 Å². The number of nitrogens with zero attached hydrogens (tertiary/aromatic N) is 2. The van der Waals surface area contributed by atoms with Crippen LogP contribution in [0.5, 0.6) is 0 Å². The smallest absolute Gasteiger partial charge is 0.108 e. The Balaban J connectivity index is 2.24. The summed E-state index contributed by atoms with van der Waals surface area (Å²) in [4.78, 5) is 4.33. The van der Waals surface area contributed by atoms with Gasteiger partial charge in [-0.2, -0.15) is 0 Å². The molecule has 16 heavy (non-hydrogen) atoms. The van der Waals surface area contributed by atoms with Gasteiger partial charge in [-0.3, -0.25) is 0 Å². The first-order valence-electron chi connectivity index (χ1n) is 5.77. The van der Waals surface area contributed by atoms with Crippen LogP contribution in [0.3, 0.4) is 0 Å². The average Bonchev–Trinajstić information content (AvgIpc) is 2.71. The van der Waals surface area contributed by atoms with Crippen molar-refractivity contribution in [1.29, 1.82) is 0 Å². The molecule has 0 saturated carbocycles. The molecule has 0 aliphatic heterocycles. The van der Waals surface area contributed by atoms with Crippen LogP contribution in [-0.2, 0) is 13.0 Å². The highest BCUT2D eigenvalue weighted by molar-refractivity contribution is 5.30. The highest BCUT2D eigenvalue weighted by atomic mass is 15.1. The minimum absolute atomic E-state index is 0.921. The van der Waals surface area contributed by atoms with Crippen molar-refractivity contribution in [2.75, 3.05) is 0 Å². The number of hydrogen-bond acceptors (Lipinski definition) is 1. The molecule has 0 bridgehead atoms. The predicted octanol–water partition coefficient (Wildman–Crippen LogP) is 3.11. The molecule has 0 unspecified atom stereocenters. The lowest BCUT2D eigenvalue weighted by molar-refractivity contribution is 0.731. The zero-order chi connectivity index (χ0) is 11.5. The van der Waals surface area contributed by atoms with E-state index in [0.717, 1.165) is 18.8 Å². The fourth-order valence-corrected chi connectivity index (χ4v) is 1.90. The minimum atomic E-state index is 0.921. The molecule has 0 spiro atoms. The number of hydrogen-bond donors (Lipinski definition) is 0. The first kappa shape index (κ1) is 10.9. The van der Waals surface area contributed by atoms with Gasteiger partial charge in [-0.25, -0.2) is 4.98 Å². The van der Waals surface area contributed by atoms with Crippen LogP contribution in [0.4, 0.5) is 0 Å². The summed E-state index contributed by atoms with van der Waals surface area (Å²) in [6.45, 7) is 7.37. The van der Waals surface area contributed by atoms with Crippen molar-refractivity contribution in [3.63, 3.8) is 0 Å². The highest BCUT2D eigenvalue weighted by Crippen LogP contribution is 2.12. The van der Waals surface area contributed by atoms with E-state index < -0.39 is 0 Å². The second-order valence-electron chi connectivity index (χ2n) is 4.24. The van der Waals surface area contributed by atoms with Gasteiger partial charge in [0.15, 0.2) is 0 Å². The lowest BCUT2D eigenvalue weighted by atomic mass is 10.1. The molecule has 0 atom stereocenters. The summed E-state index contributed by atoms with van der Waals surface area (Å²) in [5.41, 5.74) is 4.05. The summed E-state index contributed by atoms with van der Waals surface area (Å²) < 4.78 is 2.21. The number of aryl methyl sites for hydroxylation is 3. The molecule has 2 rings (SSSR count). The van der Waals surface area contributed by atoms with Crippen LogP contribution in [-0.4, -0.2) is 9.55 Å². The largest absolute Gasteiger partial charge is 0.331 e. The van der Waals surface area contributed by atoms with Crippen molar-refractivity contribution in [2.24, 2.45) is 0 Å². The zero-order valence-electron chi connectivity index (χ0n) is 10.2. The standard InChI is InChI=1S/C14H18N2/c1-4-14-15-7-8-16(14)10-13-6-5-11(2)12(3)9-13/h5-9H,4,10H2,1-3H3. The highest BCUT2D eigenvalue weighted by Gasteiger charge is 2.02. The molecule has 1 heterocycles. The molecular formula is C14H18N2. The lowest BCUT2D eigenvalue weighted by Crippen LogP contribution is -2.03. The first-order chi connectivity index (χ1) is 7.70. The van der Waals surface area contributed by atoms with E-state index in [0.29, 0.717) is 0 Å². The number of imidazole rings is 1. The molecule has 0 saturated heterocycles. The molecule has 0 aliphatic carbocycles.